The number of amides is 1. The fourth-order valence-electron chi connectivity index (χ4n) is 2.63. The normalized spacial score (nSPS) is 23.1. The summed E-state index contributed by atoms with van der Waals surface area (Å²) in [6, 6.07) is 9.96. The van der Waals surface area contributed by atoms with Gasteiger partial charge in [0.05, 0.1) is 0 Å². The highest BCUT2D eigenvalue weighted by Crippen LogP contribution is 2.23. The van der Waals surface area contributed by atoms with Crippen LogP contribution in [-0.4, -0.2) is 36.0 Å². The second kappa shape index (κ2) is 7.09. The van der Waals surface area contributed by atoms with Gasteiger partial charge in [0.25, 0.3) is 0 Å². The molecule has 2 atom stereocenters. The Kier molecular flexibility index (Phi) is 5.40. The Morgan fingerprint density at radius 2 is 2.05 bits per heavy atom. The highest BCUT2D eigenvalue weighted by molar-refractivity contribution is 5.67. The van der Waals surface area contributed by atoms with Gasteiger partial charge in [-0.2, -0.15) is 0 Å². The topological polar surface area (TPSA) is 41.6 Å². The Labute approximate surface area is 131 Å². The number of benzene rings is 1. The van der Waals surface area contributed by atoms with Crippen LogP contribution < -0.4 is 5.43 Å². The average Bonchev–Trinajstić information content (AvgIpc) is 2.41. The van der Waals surface area contributed by atoms with E-state index < -0.39 is 17.9 Å². The number of halogens is 1. The molecule has 1 fully saturated rings. The van der Waals surface area contributed by atoms with Crippen LogP contribution in [0.3, 0.4) is 0 Å². The van der Waals surface area contributed by atoms with E-state index in [0.717, 1.165) is 12.0 Å². The molecule has 0 radical (unpaired) electrons. The van der Waals surface area contributed by atoms with Crippen molar-refractivity contribution >= 4 is 6.09 Å². The summed E-state index contributed by atoms with van der Waals surface area (Å²) in [4.78, 5) is 11.7. The van der Waals surface area contributed by atoms with Gasteiger partial charge in [0.2, 0.25) is 0 Å². The average molecular weight is 308 g/mol. The Bertz CT molecular complexity index is 487. The molecule has 1 amide bonds. The lowest BCUT2D eigenvalue weighted by molar-refractivity contribution is 0.0112. The van der Waals surface area contributed by atoms with Crippen LogP contribution in [0.5, 0.6) is 0 Å². The summed E-state index contributed by atoms with van der Waals surface area (Å²) in [7, 11) is 0. The van der Waals surface area contributed by atoms with Gasteiger partial charge >= 0.3 is 6.09 Å². The molecule has 4 nitrogen and oxygen atoms in total. The van der Waals surface area contributed by atoms with E-state index in [4.69, 9.17) is 4.74 Å². The van der Waals surface area contributed by atoms with E-state index in [0.29, 0.717) is 13.0 Å². The van der Waals surface area contributed by atoms with Crippen LogP contribution in [-0.2, 0) is 11.2 Å². The van der Waals surface area contributed by atoms with Gasteiger partial charge in [0, 0.05) is 13.1 Å². The first kappa shape index (κ1) is 16.7. The lowest BCUT2D eigenvalue weighted by atomic mass is 9.89. The third-order valence-electron chi connectivity index (χ3n) is 3.67. The zero-order chi connectivity index (χ0) is 16.2. The van der Waals surface area contributed by atoms with Gasteiger partial charge in [-0.05, 0) is 45.1 Å². The summed E-state index contributed by atoms with van der Waals surface area (Å²) in [5.74, 6) is -0.000846. The molecule has 0 unspecified atom stereocenters. The van der Waals surface area contributed by atoms with Crippen molar-refractivity contribution in [3.05, 3.63) is 35.9 Å². The van der Waals surface area contributed by atoms with E-state index in [1.54, 1.807) is 25.8 Å². The zero-order valence-electron chi connectivity index (χ0n) is 13.5. The molecule has 0 aromatic heterocycles. The molecule has 0 bridgehead atoms. The molecule has 1 N–H and O–H groups in total. The van der Waals surface area contributed by atoms with E-state index in [1.165, 1.54) is 0 Å². The fraction of sp³-hybridized carbons (Fsp3) is 0.588. The number of hydrogen-bond donors (Lipinski definition) is 1. The summed E-state index contributed by atoms with van der Waals surface area (Å²) < 4.78 is 19.5. The molecule has 1 aromatic carbocycles. The smallest absolute Gasteiger partial charge is 0.422 e. The van der Waals surface area contributed by atoms with Crippen molar-refractivity contribution in [2.24, 2.45) is 5.92 Å². The quantitative estimate of drug-likeness (QED) is 0.931. The maximum Gasteiger partial charge on any atom is 0.422 e. The van der Waals surface area contributed by atoms with Crippen LogP contribution in [0.2, 0.25) is 0 Å². The monoisotopic (exact) mass is 308 g/mol. The van der Waals surface area contributed by atoms with Gasteiger partial charge in [0.15, 0.2) is 0 Å². The summed E-state index contributed by atoms with van der Waals surface area (Å²) in [6.07, 6.45) is -0.0289. The molecule has 0 spiro atoms. The van der Waals surface area contributed by atoms with Crippen LogP contribution >= 0.6 is 0 Å². The molecule has 122 valence electrons. The predicted molar refractivity (Wildman–Crippen MR) is 84.1 cm³/mol. The predicted octanol–water partition coefficient (Wildman–Crippen LogP) is 3.33. The molecule has 1 heterocycles. The van der Waals surface area contributed by atoms with E-state index in [1.807, 2.05) is 30.3 Å². The molecule has 1 aromatic rings. The number of carbonyl (C=O) groups excluding carboxylic acids is 1. The van der Waals surface area contributed by atoms with Crippen molar-refractivity contribution in [1.29, 1.82) is 0 Å². The number of nitrogens with one attached hydrogen (secondary N) is 1. The summed E-state index contributed by atoms with van der Waals surface area (Å²) in [5, 5.41) is 1.61. The van der Waals surface area contributed by atoms with Crippen LogP contribution in [0.1, 0.15) is 32.8 Å². The Balaban J connectivity index is 1.81. The number of hydrogen-bond acceptors (Lipinski definition) is 3. The minimum atomic E-state index is -0.955. The molecule has 1 aliphatic rings. The van der Waals surface area contributed by atoms with Crippen LogP contribution in [0.25, 0.3) is 0 Å². The van der Waals surface area contributed by atoms with Gasteiger partial charge < -0.3 is 4.74 Å². The molecule has 0 aliphatic carbocycles. The van der Waals surface area contributed by atoms with Crippen molar-refractivity contribution in [2.75, 3.05) is 13.1 Å². The summed E-state index contributed by atoms with van der Waals surface area (Å²) in [5.41, 5.74) is 3.23. The number of ether oxygens (including phenoxy) is 1. The molecular weight excluding hydrogens is 283 g/mol. The number of nitrogens with zero attached hydrogens (tertiary/aromatic N) is 1. The number of alkyl halides is 1. The van der Waals surface area contributed by atoms with Crippen molar-refractivity contribution in [3.63, 3.8) is 0 Å². The van der Waals surface area contributed by atoms with Gasteiger partial charge in [-0.15, -0.1) is 0 Å². The van der Waals surface area contributed by atoms with E-state index in [-0.39, 0.29) is 12.5 Å². The SMILES string of the molecule is CC(C)(C)OC(=O)NN1CC[C@@H](Cc2ccccc2)[C@@H](F)C1. The minimum absolute atomic E-state index is 0.000846. The standard InChI is InChI=1S/C17H25FN2O2/c1-17(2,3)22-16(21)19-20-10-9-14(15(18)12-20)11-13-7-5-4-6-8-13/h4-8,14-15H,9-12H2,1-3H3,(H,19,21)/t14-,15-/m0/s1. The van der Waals surface area contributed by atoms with Gasteiger partial charge in [-0.1, -0.05) is 30.3 Å². The molecular formula is C17H25FN2O2. The summed E-state index contributed by atoms with van der Waals surface area (Å²) >= 11 is 0. The fourth-order valence-corrected chi connectivity index (χ4v) is 2.63. The molecule has 2 rings (SSSR count). The third-order valence-corrected chi connectivity index (χ3v) is 3.67. The van der Waals surface area contributed by atoms with Crippen LogP contribution in [0.15, 0.2) is 30.3 Å². The number of rotatable bonds is 3. The lowest BCUT2D eigenvalue weighted by Crippen LogP contribution is -2.52. The lowest BCUT2D eigenvalue weighted by Gasteiger charge is -2.35. The van der Waals surface area contributed by atoms with Crippen LogP contribution in [0.4, 0.5) is 9.18 Å². The van der Waals surface area contributed by atoms with Gasteiger partial charge in [-0.3, -0.25) is 5.43 Å². The van der Waals surface area contributed by atoms with E-state index >= 15 is 0 Å². The van der Waals surface area contributed by atoms with Gasteiger partial charge in [0.1, 0.15) is 11.8 Å². The zero-order valence-corrected chi connectivity index (χ0v) is 13.5. The van der Waals surface area contributed by atoms with Crippen LogP contribution in [0, 0.1) is 5.92 Å². The molecule has 22 heavy (non-hydrogen) atoms. The first-order valence-corrected chi connectivity index (χ1v) is 7.76. The van der Waals surface area contributed by atoms with Crippen molar-refractivity contribution < 1.29 is 13.9 Å². The Morgan fingerprint density at radius 3 is 2.64 bits per heavy atom. The first-order chi connectivity index (χ1) is 10.3. The number of carbonyl (C=O) groups is 1. The Hall–Kier alpha value is -1.62. The third kappa shape index (κ3) is 5.30. The van der Waals surface area contributed by atoms with E-state index in [2.05, 4.69) is 5.43 Å². The summed E-state index contributed by atoms with van der Waals surface area (Å²) in [6.45, 7) is 6.25. The number of hydrazine groups is 1. The van der Waals surface area contributed by atoms with Crippen molar-refractivity contribution in [2.45, 2.75) is 45.4 Å². The number of piperidine rings is 1. The largest absolute Gasteiger partial charge is 0.443 e. The maximum atomic E-state index is 14.3. The minimum Gasteiger partial charge on any atom is -0.443 e. The van der Waals surface area contributed by atoms with Gasteiger partial charge in [-0.25, -0.2) is 14.2 Å². The second-order valence-electron chi connectivity index (χ2n) is 6.81. The molecule has 1 aliphatic heterocycles. The maximum absolute atomic E-state index is 14.3. The molecule has 5 heteroatoms. The van der Waals surface area contributed by atoms with E-state index in [9.17, 15) is 9.18 Å². The highest BCUT2D eigenvalue weighted by Gasteiger charge is 2.30. The van der Waals surface area contributed by atoms with Crippen molar-refractivity contribution in [3.8, 4) is 0 Å². The molecule has 1 saturated heterocycles. The molecule has 0 saturated carbocycles. The van der Waals surface area contributed by atoms with Crippen molar-refractivity contribution in [1.82, 2.24) is 10.4 Å². The first-order valence-electron chi connectivity index (χ1n) is 7.76. The second-order valence-corrected chi connectivity index (χ2v) is 6.81. The highest BCUT2D eigenvalue weighted by atomic mass is 19.1. The Morgan fingerprint density at radius 1 is 1.36 bits per heavy atom.